The third-order valence-corrected chi connectivity index (χ3v) is 6.42. The number of nitrogens with one attached hydrogen (secondary N) is 1. The Bertz CT molecular complexity index is 975. The fraction of sp³-hybridized carbons (Fsp3) is 0.414. The minimum atomic E-state index is 0.876. The lowest BCUT2D eigenvalue weighted by Gasteiger charge is -2.22. The number of anilines is 2. The number of hydrogen-bond donors (Lipinski definition) is 1. The molecular formula is C29H38N5+. The van der Waals surface area contributed by atoms with Crippen LogP contribution >= 0.6 is 0 Å². The molecule has 1 aliphatic heterocycles. The van der Waals surface area contributed by atoms with Gasteiger partial charge < -0.3 is 10.2 Å². The van der Waals surface area contributed by atoms with Crippen molar-refractivity contribution in [2.75, 3.05) is 29.9 Å². The normalized spacial score (nSPS) is 14.3. The van der Waals surface area contributed by atoms with Crippen molar-refractivity contribution in [3.63, 3.8) is 0 Å². The molecule has 0 bridgehead atoms. The van der Waals surface area contributed by atoms with Gasteiger partial charge in [-0.2, -0.15) is 10.2 Å². The summed E-state index contributed by atoms with van der Waals surface area (Å²) in [7, 11) is 0. The van der Waals surface area contributed by atoms with Gasteiger partial charge in [-0.15, -0.1) is 0 Å². The number of aryl methyl sites for hydroxylation is 1. The summed E-state index contributed by atoms with van der Waals surface area (Å²) in [6.45, 7) is 4.43. The zero-order chi connectivity index (χ0) is 23.3. The third kappa shape index (κ3) is 7.98. The summed E-state index contributed by atoms with van der Waals surface area (Å²) in [5.74, 6) is 0. The first-order valence-electron chi connectivity index (χ1n) is 12.9. The van der Waals surface area contributed by atoms with Crippen LogP contribution in [0.5, 0.6) is 0 Å². The highest BCUT2D eigenvalue weighted by Gasteiger charge is 2.09. The topological polar surface area (TPSA) is 43.9 Å². The molecule has 178 valence electrons. The van der Waals surface area contributed by atoms with Gasteiger partial charge >= 0.3 is 0 Å². The highest BCUT2D eigenvalue weighted by Crippen LogP contribution is 2.25. The van der Waals surface area contributed by atoms with Crippen LogP contribution in [0.25, 0.3) is 0 Å². The molecule has 1 N–H and O–H groups in total. The molecule has 34 heavy (non-hydrogen) atoms. The standard InChI is InChI=1S/C29H38N5/c1(2-7-21-33-22-8-5-9-23-33)6-20-30-26-12-14-27(15-13-26)31-32-28-16-18-29(19-17-28)34-24-10-3-4-11-25-34/h5,8-9,12-19,22-23,30H,1-4,6-7,10-11,20-21,24-25H2/q+1. The van der Waals surface area contributed by atoms with E-state index in [1.54, 1.807) is 0 Å². The van der Waals surface area contributed by atoms with Gasteiger partial charge in [0.05, 0.1) is 11.4 Å². The molecule has 0 atom stereocenters. The van der Waals surface area contributed by atoms with Gasteiger partial charge in [-0.1, -0.05) is 25.3 Å². The Morgan fingerprint density at radius 2 is 1.29 bits per heavy atom. The molecular weight excluding hydrogens is 418 g/mol. The van der Waals surface area contributed by atoms with Crippen LogP contribution < -0.4 is 14.8 Å². The van der Waals surface area contributed by atoms with Gasteiger partial charge in [-0.05, 0) is 74.2 Å². The number of benzene rings is 2. The summed E-state index contributed by atoms with van der Waals surface area (Å²) in [6, 6.07) is 22.9. The maximum absolute atomic E-state index is 4.42. The maximum atomic E-state index is 4.42. The number of nitrogens with zero attached hydrogens (tertiary/aromatic N) is 4. The van der Waals surface area contributed by atoms with Crippen LogP contribution in [0.15, 0.2) is 89.4 Å². The van der Waals surface area contributed by atoms with Gasteiger partial charge in [0.2, 0.25) is 0 Å². The molecule has 2 aromatic carbocycles. The number of pyridine rings is 1. The highest BCUT2D eigenvalue weighted by atomic mass is 15.1. The lowest BCUT2D eigenvalue weighted by atomic mass is 10.2. The molecule has 0 radical (unpaired) electrons. The van der Waals surface area contributed by atoms with Crippen LogP contribution in [0.2, 0.25) is 0 Å². The van der Waals surface area contributed by atoms with Crippen molar-refractivity contribution in [1.82, 2.24) is 0 Å². The van der Waals surface area contributed by atoms with E-state index in [0.717, 1.165) is 43.2 Å². The van der Waals surface area contributed by atoms with E-state index in [0.29, 0.717) is 0 Å². The molecule has 3 aromatic rings. The van der Waals surface area contributed by atoms with Gasteiger partial charge in [0.15, 0.2) is 12.4 Å². The van der Waals surface area contributed by atoms with Crippen LogP contribution in [-0.2, 0) is 6.54 Å². The van der Waals surface area contributed by atoms with Crippen LogP contribution in [0.4, 0.5) is 22.7 Å². The summed E-state index contributed by atoms with van der Waals surface area (Å²) in [6.07, 6.45) is 14.5. The van der Waals surface area contributed by atoms with Gasteiger partial charge in [0.25, 0.3) is 0 Å². The zero-order valence-electron chi connectivity index (χ0n) is 20.3. The first-order valence-corrected chi connectivity index (χ1v) is 12.9. The van der Waals surface area contributed by atoms with E-state index in [2.05, 4.69) is 92.0 Å². The van der Waals surface area contributed by atoms with E-state index in [1.807, 2.05) is 12.1 Å². The molecule has 1 saturated heterocycles. The smallest absolute Gasteiger partial charge is 0.168 e. The SMILES string of the molecule is c1cc[n+](CCCCCCNc2ccc(N=Nc3ccc(N4CCCCCC4)cc3)cc2)cc1. The fourth-order valence-corrected chi connectivity index (χ4v) is 4.41. The second-order valence-corrected chi connectivity index (χ2v) is 9.12. The molecule has 5 nitrogen and oxygen atoms in total. The number of aromatic nitrogens is 1. The quantitative estimate of drug-likeness (QED) is 0.185. The van der Waals surface area contributed by atoms with E-state index in [1.165, 1.54) is 57.1 Å². The molecule has 0 unspecified atom stereocenters. The van der Waals surface area contributed by atoms with Crippen LogP contribution in [-0.4, -0.2) is 19.6 Å². The van der Waals surface area contributed by atoms with Crippen molar-refractivity contribution >= 4 is 22.7 Å². The Kier molecular flexibility index (Phi) is 9.49. The minimum absolute atomic E-state index is 0.876. The van der Waals surface area contributed by atoms with Gasteiger partial charge in [-0.25, -0.2) is 4.57 Å². The van der Waals surface area contributed by atoms with Gasteiger partial charge in [0.1, 0.15) is 6.54 Å². The van der Waals surface area contributed by atoms with Crippen molar-refractivity contribution < 1.29 is 4.57 Å². The predicted octanol–water partition coefficient (Wildman–Crippen LogP) is 7.44. The predicted molar refractivity (Wildman–Crippen MR) is 141 cm³/mol. The summed E-state index contributed by atoms with van der Waals surface area (Å²) in [5, 5.41) is 12.3. The average Bonchev–Trinajstić information content (AvgIpc) is 3.18. The monoisotopic (exact) mass is 456 g/mol. The van der Waals surface area contributed by atoms with E-state index in [9.17, 15) is 0 Å². The Labute approximate surface area is 204 Å². The molecule has 0 amide bonds. The second-order valence-electron chi connectivity index (χ2n) is 9.12. The van der Waals surface area contributed by atoms with E-state index in [-0.39, 0.29) is 0 Å². The Balaban J connectivity index is 1.14. The van der Waals surface area contributed by atoms with E-state index >= 15 is 0 Å². The molecule has 1 fully saturated rings. The van der Waals surface area contributed by atoms with Crippen LogP contribution in [0.3, 0.4) is 0 Å². The molecule has 5 heteroatoms. The van der Waals surface area contributed by atoms with Crippen molar-refractivity contribution in [2.45, 2.75) is 57.9 Å². The number of unbranched alkanes of at least 4 members (excludes halogenated alkanes) is 3. The van der Waals surface area contributed by atoms with Crippen molar-refractivity contribution in [3.8, 4) is 0 Å². The lowest BCUT2D eigenvalue weighted by molar-refractivity contribution is -0.697. The summed E-state index contributed by atoms with van der Waals surface area (Å²) >= 11 is 0. The molecule has 1 aromatic heterocycles. The minimum Gasteiger partial charge on any atom is -0.385 e. The van der Waals surface area contributed by atoms with E-state index in [4.69, 9.17) is 0 Å². The Hall–Kier alpha value is -3.21. The van der Waals surface area contributed by atoms with Crippen LogP contribution in [0, 0.1) is 0 Å². The summed E-state index contributed by atoms with van der Waals surface area (Å²) in [5.41, 5.74) is 4.21. The molecule has 0 aliphatic carbocycles. The number of azo groups is 1. The molecule has 4 rings (SSSR count). The van der Waals surface area contributed by atoms with Crippen LogP contribution in [0.1, 0.15) is 51.4 Å². The van der Waals surface area contributed by atoms with Crippen molar-refractivity contribution in [2.24, 2.45) is 10.2 Å². The van der Waals surface area contributed by atoms with Crippen molar-refractivity contribution in [1.29, 1.82) is 0 Å². The third-order valence-electron chi connectivity index (χ3n) is 6.42. The first-order chi connectivity index (χ1) is 16.9. The molecule has 0 spiro atoms. The molecule has 0 saturated carbocycles. The Morgan fingerprint density at radius 1 is 0.676 bits per heavy atom. The maximum Gasteiger partial charge on any atom is 0.168 e. The molecule has 1 aliphatic rings. The highest BCUT2D eigenvalue weighted by molar-refractivity contribution is 5.54. The second kappa shape index (κ2) is 13.5. The first kappa shape index (κ1) is 23.9. The fourth-order valence-electron chi connectivity index (χ4n) is 4.41. The van der Waals surface area contributed by atoms with Gasteiger partial charge in [-0.3, -0.25) is 0 Å². The zero-order valence-corrected chi connectivity index (χ0v) is 20.3. The Morgan fingerprint density at radius 3 is 1.97 bits per heavy atom. The number of hydrogen-bond acceptors (Lipinski definition) is 4. The summed E-state index contributed by atoms with van der Waals surface area (Å²) in [4.78, 5) is 2.49. The summed E-state index contributed by atoms with van der Waals surface area (Å²) < 4.78 is 2.25. The largest absolute Gasteiger partial charge is 0.385 e. The number of rotatable bonds is 11. The molecule has 2 heterocycles. The lowest BCUT2D eigenvalue weighted by Crippen LogP contribution is -2.32. The average molecular weight is 457 g/mol. The van der Waals surface area contributed by atoms with Gasteiger partial charge in [0, 0.05) is 49.6 Å². The van der Waals surface area contributed by atoms with Crippen molar-refractivity contribution in [3.05, 3.63) is 79.1 Å². The van der Waals surface area contributed by atoms with E-state index < -0.39 is 0 Å².